The number of carbonyl (C=O) groups excluding carboxylic acids is 1. The number of urea groups is 1. The molecule has 2 atom stereocenters. The molecule has 0 radical (unpaired) electrons. The summed E-state index contributed by atoms with van der Waals surface area (Å²) in [5.74, 6) is -1.14. The summed E-state index contributed by atoms with van der Waals surface area (Å²) >= 11 is 3.09. The van der Waals surface area contributed by atoms with Crippen LogP contribution in [0, 0.1) is 5.92 Å². The highest BCUT2D eigenvalue weighted by Crippen LogP contribution is 2.07. The quantitative estimate of drug-likeness (QED) is 0.697. The van der Waals surface area contributed by atoms with Crippen LogP contribution < -0.4 is 10.6 Å². The molecule has 16 heavy (non-hydrogen) atoms. The van der Waals surface area contributed by atoms with Crippen molar-refractivity contribution in [3.8, 4) is 0 Å². The maximum atomic E-state index is 11.3. The number of amides is 2. The fraction of sp³-hybridized carbons (Fsp3) is 0.600. The topological polar surface area (TPSA) is 78.4 Å². The molecular weight excluding hydrogens is 276 g/mol. The molecule has 0 saturated heterocycles. The maximum Gasteiger partial charge on any atom is 0.326 e. The van der Waals surface area contributed by atoms with E-state index in [1.54, 1.807) is 6.92 Å². The minimum absolute atomic E-state index is 0.115. The number of carbonyl (C=O) groups is 2. The van der Waals surface area contributed by atoms with Gasteiger partial charge in [-0.25, -0.2) is 9.59 Å². The van der Waals surface area contributed by atoms with E-state index < -0.39 is 18.0 Å². The van der Waals surface area contributed by atoms with E-state index >= 15 is 0 Å². The molecule has 0 heterocycles. The van der Waals surface area contributed by atoms with Gasteiger partial charge in [0.2, 0.25) is 0 Å². The molecule has 0 aromatic rings. The number of nitrogens with one attached hydrogen (secondary N) is 2. The number of halogens is 1. The van der Waals surface area contributed by atoms with Crippen LogP contribution in [-0.4, -0.2) is 29.7 Å². The van der Waals surface area contributed by atoms with Gasteiger partial charge in [0.15, 0.2) is 0 Å². The van der Waals surface area contributed by atoms with Crippen LogP contribution in [0.1, 0.15) is 20.3 Å². The van der Waals surface area contributed by atoms with Gasteiger partial charge >= 0.3 is 12.0 Å². The summed E-state index contributed by atoms with van der Waals surface area (Å²) in [5.41, 5.74) is 0. The summed E-state index contributed by atoms with van der Waals surface area (Å²) in [6.07, 6.45) is 0.683. The first kappa shape index (κ1) is 15.0. The Hall–Kier alpha value is -1.04. The lowest BCUT2D eigenvalue weighted by Crippen LogP contribution is -2.49. The minimum Gasteiger partial charge on any atom is -0.480 e. The normalized spacial score (nSPS) is 13.7. The molecule has 0 aliphatic carbocycles. The Morgan fingerprint density at radius 3 is 2.44 bits per heavy atom. The van der Waals surface area contributed by atoms with Crippen molar-refractivity contribution in [2.45, 2.75) is 26.3 Å². The fourth-order valence-electron chi connectivity index (χ4n) is 1.05. The van der Waals surface area contributed by atoms with Gasteiger partial charge in [0.25, 0.3) is 0 Å². The molecule has 0 aromatic carbocycles. The zero-order chi connectivity index (χ0) is 12.7. The molecule has 92 valence electrons. The number of rotatable bonds is 6. The zero-order valence-corrected chi connectivity index (χ0v) is 11.0. The summed E-state index contributed by atoms with van der Waals surface area (Å²) in [6.45, 7) is 7.47. The standard InChI is InChI=1S/C10H17BrN2O3/c1-4-6(2)8(9(14)15)13-10(16)12-5-7(3)11/h6,8H,3-5H2,1-2H3,(H,14,15)(H2,12,13,16)/t6-,8-/m0/s1. The van der Waals surface area contributed by atoms with Crippen LogP contribution in [0.25, 0.3) is 0 Å². The van der Waals surface area contributed by atoms with E-state index in [0.29, 0.717) is 10.9 Å². The van der Waals surface area contributed by atoms with Crippen LogP contribution in [0.15, 0.2) is 11.1 Å². The molecule has 0 unspecified atom stereocenters. The number of carboxylic acid groups (broad SMARTS) is 1. The molecule has 0 aliphatic rings. The molecule has 2 amide bonds. The maximum absolute atomic E-state index is 11.3. The third-order valence-corrected chi connectivity index (χ3v) is 2.49. The van der Waals surface area contributed by atoms with Gasteiger partial charge in [0.05, 0.1) is 6.54 Å². The molecule has 6 heteroatoms. The van der Waals surface area contributed by atoms with Crippen LogP contribution >= 0.6 is 15.9 Å². The molecule has 5 nitrogen and oxygen atoms in total. The average molecular weight is 293 g/mol. The monoisotopic (exact) mass is 292 g/mol. The molecule has 0 saturated carbocycles. The molecule has 0 aliphatic heterocycles. The highest BCUT2D eigenvalue weighted by Gasteiger charge is 2.24. The first-order valence-corrected chi connectivity index (χ1v) is 5.78. The molecule has 0 bridgehead atoms. The van der Waals surface area contributed by atoms with Crippen molar-refractivity contribution in [3.05, 3.63) is 11.1 Å². The summed E-state index contributed by atoms with van der Waals surface area (Å²) in [4.78, 5) is 22.2. The van der Waals surface area contributed by atoms with Crippen LogP contribution in [-0.2, 0) is 4.79 Å². The number of hydrogen-bond donors (Lipinski definition) is 3. The minimum atomic E-state index is -1.03. The van der Waals surface area contributed by atoms with Gasteiger partial charge in [-0.2, -0.15) is 0 Å². The highest BCUT2D eigenvalue weighted by atomic mass is 79.9. The fourth-order valence-corrected chi connectivity index (χ4v) is 1.19. The van der Waals surface area contributed by atoms with Gasteiger partial charge in [-0.15, -0.1) is 0 Å². The van der Waals surface area contributed by atoms with E-state index in [1.165, 1.54) is 0 Å². The average Bonchev–Trinajstić information content (AvgIpc) is 2.21. The number of carboxylic acids is 1. The second-order valence-corrected chi connectivity index (χ2v) is 4.67. The van der Waals surface area contributed by atoms with Crippen molar-refractivity contribution < 1.29 is 14.7 Å². The Labute approximate surface area is 103 Å². The van der Waals surface area contributed by atoms with Crippen molar-refractivity contribution in [1.82, 2.24) is 10.6 Å². The highest BCUT2D eigenvalue weighted by molar-refractivity contribution is 9.11. The Morgan fingerprint density at radius 1 is 1.50 bits per heavy atom. The molecule has 0 rings (SSSR count). The zero-order valence-electron chi connectivity index (χ0n) is 9.42. The second kappa shape index (κ2) is 7.27. The number of aliphatic carboxylic acids is 1. The number of hydrogen-bond acceptors (Lipinski definition) is 2. The lowest BCUT2D eigenvalue weighted by molar-refractivity contribution is -0.140. The van der Waals surface area contributed by atoms with E-state index in [1.807, 2.05) is 6.92 Å². The van der Waals surface area contributed by atoms with E-state index in [0.717, 1.165) is 0 Å². The van der Waals surface area contributed by atoms with Gasteiger partial charge in [-0.1, -0.05) is 42.8 Å². The summed E-state index contributed by atoms with van der Waals surface area (Å²) in [7, 11) is 0. The molecule has 0 spiro atoms. The van der Waals surface area contributed by atoms with Crippen molar-refractivity contribution in [2.24, 2.45) is 5.92 Å². The Morgan fingerprint density at radius 2 is 2.06 bits per heavy atom. The van der Waals surface area contributed by atoms with Crippen molar-refractivity contribution in [2.75, 3.05) is 6.54 Å². The second-order valence-electron chi connectivity index (χ2n) is 3.55. The SMILES string of the molecule is C=C(Br)CNC(=O)N[C@H](C(=O)O)[C@@H](C)CC. The predicted octanol–water partition coefficient (Wildman–Crippen LogP) is 1.69. The summed E-state index contributed by atoms with van der Waals surface area (Å²) < 4.78 is 0.623. The van der Waals surface area contributed by atoms with Gasteiger partial charge in [-0.05, 0) is 5.92 Å². The van der Waals surface area contributed by atoms with Gasteiger partial charge in [0.1, 0.15) is 6.04 Å². The first-order chi connectivity index (χ1) is 7.38. The molecule has 3 N–H and O–H groups in total. The first-order valence-electron chi connectivity index (χ1n) is 4.98. The van der Waals surface area contributed by atoms with E-state index in [4.69, 9.17) is 5.11 Å². The molecule has 0 fully saturated rings. The third-order valence-electron chi connectivity index (χ3n) is 2.21. The van der Waals surface area contributed by atoms with Crippen molar-refractivity contribution >= 4 is 27.9 Å². The summed E-state index contributed by atoms with van der Waals surface area (Å²) in [5, 5.41) is 13.8. The lowest BCUT2D eigenvalue weighted by atomic mass is 9.99. The van der Waals surface area contributed by atoms with Crippen LogP contribution in [0.5, 0.6) is 0 Å². The molecule has 0 aromatic heterocycles. The van der Waals surface area contributed by atoms with Crippen molar-refractivity contribution in [1.29, 1.82) is 0 Å². The smallest absolute Gasteiger partial charge is 0.326 e. The Bertz CT molecular complexity index is 281. The van der Waals surface area contributed by atoms with Crippen LogP contribution in [0.3, 0.4) is 0 Å². The van der Waals surface area contributed by atoms with E-state index in [-0.39, 0.29) is 12.5 Å². The summed E-state index contributed by atoms with van der Waals surface area (Å²) in [6, 6.07) is -1.37. The van der Waals surface area contributed by atoms with Crippen LogP contribution in [0.2, 0.25) is 0 Å². The third kappa shape index (κ3) is 5.75. The van der Waals surface area contributed by atoms with Gasteiger partial charge < -0.3 is 15.7 Å². The van der Waals surface area contributed by atoms with Gasteiger partial charge in [-0.3, -0.25) is 0 Å². The van der Waals surface area contributed by atoms with E-state index in [9.17, 15) is 9.59 Å². The van der Waals surface area contributed by atoms with Gasteiger partial charge in [0, 0.05) is 4.48 Å². The van der Waals surface area contributed by atoms with E-state index in [2.05, 4.69) is 33.1 Å². The lowest BCUT2D eigenvalue weighted by Gasteiger charge is -2.20. The molecular formula is C10H17BrN2O3. The predicted molar refractivity (Wildman–Crippen MR) is 65.5 cm³/mol. The Kier molecular flexibility index (Phi) is 6.80. The van der Waals surface area contributed by atoms with Crippen molar-refractivity contribution in [3.63, 3.8) is 0 Å². The van der Waals surface area contributed by atoms with Crippen LogP contribution in [0.4, 0.5) is 4.79 Å². The Balaban J connectivity index is 4.24. The largest absolute Gasteiger partial charge is 0.480 e.